The molecule has 0 atom stereocenters. The summed E-state index contributed by atoms with van der Waals surface area (Å²) in [6.45, 7) is 1.68. The summed E-state index contributed by atoms with van der Waals surface area (Å²) in [5, 5.41) is 6.29. The van der Waals surface area contributed by atoms with Crippen LogP contribution in [0.1, 0.15) is 16.1 Å². The van der Waals surface area contributed by atoms with Crippen LogP contribution in [0.4, 0.5) is 13.2 Å². The van der Waals surface area contributed by atoms with Gasteiger partial charge in [0, 0.05) is 22.4 Å². The summed E-state index contributed by atoms with van der Waals surface area (Å²) < 4.78 is 36.8. The van der Waals surface area contributed by atoms with Crippen LogP contribution in [-0.2, 0) is 0 Å². The average Bonchev–Trinajstić information content (AvgIpc) is 2.60. The van der Waals surface area contributed by atoms with Crippen molar-refractivity contribution in [3.05, 3.63) is 29.6 Å². The molecular weight excluding hydrogens is 221 g/mol. The van der Waals surface area contributed by atoms with Crippen LogP contribution in [-0.4, -0.2) is 22.2 Å². The highest BCUT2D eigenvalue weighted by Gasteiger charge is 2.41. The van der Waals surface area contributed by atoms with E-state index >= 15 is 0 Å². The van der Waals surface area contributed by atoms with Gasteiger partial charge in [-0.2, -0.15) is 18.3 Å². The molecule has 0 amide bonds. The fourth-order valence-electron chi connectivity index (χ4n) is 1.56. The van der Waals surface area contributed by atoms with Crippen molar-refractivity contribution < 1.29 is 18.0 Å². The van der Waals surface area contributed by atoms with Gasteiger partial charge in [0.15, 0.2) is 0 Å². The molecule has 0 fully saturated rings. The zero-order valence-corrected chi connectivity index (χ0v) is 8.22. The number of hydrogen-bond acceptors (Lipinski definition) is 2. The molecule has 0 saturated heterocycles. The Bertz CT molecular complexity index is 515. The predicted molar refractivity (Wildman–Crippen MR) is 50.3 cm³/mol. The molecule has 2 aliphatic rings. The molecule has 0 aromatic rings. The number of fused-ring (bicyclic) bond motifs is 1. The van der Waals surface area contributed by atoms with Gasteiger partial charge in [0.25, 0.3) is 5.78 Å². The Labute approximate surface area is 88.6 Å². The van der Waals surface area contributed by atoms with Gasteiger partial charge in [-0.25, -0.2) is 0 Å². The second kappa shape index (κ2) is 3.33. The van der Waals surface area contributed by atoms with E-state index in [0.29, 0.717) is 11.3 Å². The minimum absolute atomic E-state index is 0.221. The Morgan fingerprint density at radius 2 is 2.00 bits per heavy atom. The van der Waals surface area contributed by atoms with E-state index in [0.717, 1.165) is 0 Å². The van der Waals surface area contributed by atoms with E-state index in [1.54, 1.807) is 6.92 Å². The minimum Gasteiger partial charge on any atom is -0.284 e. The summed E-state index contributed by atoms with van der Waals surface area (Å²) in [7, 11) is 0. The third-order valence-electron chi connectivity index (χ3n) is 2.33. The van der Waals surface area contributed by atoms with Crippen molar-refractivity contribution in [1.82, 2.24) is 10.2 Å². The van der Waals surface area contributed by atoms with Gasteiger partial charge in [-0.15, -0.1) is 0 Å². The maximum Gasteiger partial charge on any atom is 0.454 e. The highest BCUT2D eigenvalue weighted by molar-refractivity contribution is 6.06. The molecule has 0 bridgehead atoms. The largest absolute Gasteiger partial charge is 0.454 e. The molecule has 3 nitrogen and oxygen atoms in total. The lowest BCUT2D eigenvalue weighted by atomic mass is 10.1. The van der Waals surface area contributed by atoms with Crippen molar-refractivity contribution >= 4 is 5.78 Å². The van der Waals surface area contributed by atoms with Crippen molar-refractivity contribution in [2.45, 2.75) is 13.1 Å². The van der Waals surface area contributed by atoms with Crippen LogP contribution in [0, 0.1) is 6.92 Å². The third-order valence-corrected chi connectivity index (χ3v) is 2.33. The van der Waals surface area contributed by atoms with Crippen LogP contribution in [0.2, 0.25) is 0 Å². The number of aromatic nitrogens is 2. The summed E-state index contributed by atoms with van der Waals surface area (Å²) in [5.74, 6) is -1.84. The van der Waals surface area contributed by atoms with Gasteiger partial charge in [0.2, 0.25) is 0 Å². The number of ketones is 1. The number of alkyl halides is 3. The maximum absolute atomic E-state index is 12.3. The summed E-state index contributed by atoms with van der Waals surface area (Å²) in [6, 6.07) is 2.64. The van der Waals surface area contributed by atoms with Crippen LogP contribution in [0.15, 0.2) is 18.3 Å². The van der Waals surface area contributed by atoms with E-state index in [4.69, 9.17) is 0 Å². The Hall–Kier alpha value is -1.85. The van der Waals surface area contributed by atoms with E-state index in [-0.39, 0.29) is 11.1 Å². The molecule has 84 valence electrons. The molecule has 0 saturated carbocycles. The molecule has 0 radical (unpaired) electrons. The number of rotatable bonds is 1. The summed E-state index contributed by atoms with van der Waals surface area (Å²) in [5.41, 5.74) is 1.06. The van der Waals surface area contributed by atoms with Gasteiger partial charge in [-0.05, 0) is 13.0 Å². The number of H-pyrrole nitrogens is 1. The topological polar surface area (TPSA) is 45.8 Å². The van der Waals surface area contributed by atoms with Crippen molar-refractivity contribution in [3.8, 4) is 11.1 Å². The molecule has 0 aromatic heterocycles. The lowest BCUT2D eigenvalue weighted by molar-refractivity contribution is -0.0884. The highest BCUT2D eigenvalue weighted by Crippen LogP contribution is 2.33. The van der Waals surface area contributed by atoms with Crippen molar-refractivity contribution in [1.29, 1.82) is 0 Å². The number of nitrogens with one attached hydrogen (secondary N) is 1. The summed E-state index contributed by atoms with van der Waals surface area (Å²) in [6.07, 6.45) is -3.63. The molecule has 1 heterocycles. The first-order valence-electron chi connectivity index (χ1n) is 4.45. The fraction of sp³-hybridized carbons (Fsp3) is 0.200. The van der Waals surface area contributed by atoms with Crippen LogP contribution in [0.25, 0.3) is 11.1 Å². The number of aromatic amines is 1. The van der Waals surface area contributed by atoms with Crippen LogP contribution < -0.4 is 0 Å². The first-order chi connectivity index (χ1) is 7.41. The highest BCUT2D eigenvalue weighted by atomic mass is 19.4. The molecule has 1 N–H and O–H groups in total. The average molecular weight is 228 g/mol. The summed E-state index contributed by atoms with van der Waals surface area (Å²) in [4.78, 5) is 11.1. The van der Waals surface area contributed by atoms with Gasteiger partial charge in [-0.3, -0.25) is 9.89 Å². The van der Waals surface area contributed by atoms with E-state index < -0.39 is 12.0 Å². The van der Waals surface area contributed by atoms with Crippen LogP contribution >= 0.6 is 0 Å². The molecule has 2 rings (SSSR count). The normalized spacial score (nSPS) is 12.0. The number of Topliss-reactive ketones (excluding diaryl/α,β-unsaturated/α-hetero) is 1. The molecule has 6 heteroatoms. The number of aryl methyl sites for hydroxylation is 1. The Morgan fingerprint density at radius 1 is 1.31 bits per heavy atom. The van der Waals surface area contributed by atoms with Gasteiger partial charge in [-0.1, -0.05) is 6.07 Å². The van der Waals surface area contributed by atoms with Gasteiger partial charge < -0.3 is 0 Å². The summed E-state index contributed by atoms with van der Waals surface area (Å²) >= 11 is 0. The number of carbonyl (C=O) groups excluding carboxylic acids is 1. The van der Waals surface area contributed by atoms with E-state index in [2.05, 4.69) is 10.2 Å². The smallest absolute Gasteiger partial charge is 0.284 e. The molecule has 16 heavy (non-hydrogen) atoms. The predicted octanol–water partition coefficient (Wildman–Crippen LogP) is 2.57. The minimum atomic E-state index is -4.85. The van der Waals surface area contributed by atoms with E-state index in [9.17, 15) is 18.0 Å². The lowest BCUT2D eigenvalue weighted by Crippen LogP contribution is -2.22. The van der Waals surface area contributed by atoms with Crippen molar-refractivity contribution in [3.63, 3.8) is 0 Å². The second-order valence-electron chi connectivity index (χ2n) is 3.40. The Balaban J connectivity index is 2.55. The van der Waals surface area contributed by atoms with Crippen molar-refractivity contribution in [2.75, 3.05) is 0 Å². The van der Waals surface area contributed by atoms with Gasteiger partial charge in [0.1, 0.15) is 0 Å². The van der Waals surface area contributed by atoms with Crippen molar-refractivity contribution in [2.24, 2.45) is 0 Å². The molecule has 0 unspecified atom stereocenters. The number of nitrogens with zero attached hydrogens (tertiary/aromatic N) is 1. The lowest BCUT2D eigenvalue weighted by Gasteiger charge is -2.07. The van der Waals surface area contributed by atoms with E-state index in [1.165, 1.54) is 18.3 Å². The standard InChI is InChI=1S/C10H7F3N2O/c1-5-6-2-3-7(8(6)4-14-15-5)9(16)10(11,12)13/h2-4,15H,1H3. The molecule has 1 aliphatic carbocycles. The van der Waals surface area contributed by atoms with E-state index in [1.807, 2.05) is 0 Å². The zero-order chi connectivity index (χ0) is 11.9. The Kier molecular flexibility index (Phi) is 2.22. The van der Waals surface area contributed by atoms with Gasteiger partial charge in [0.05, 0.1) is 6.20 Å². The molecular formula is C10H7F3N2O. The fourth-order valence-corrected chi connectivity index (χ4v) is 1.56. The van der Waals surface area contributed by atoms with Crippen LogP contribution in [0.5, 0.6) is 0 Å². The second-order valence-corrected chi connectivity index (χ2v) is 3.40. The molecule has 0 spiro atoms. The molecule has 1 aliphatic heterocycles. The quantitative estimate of drug-likeness (QED) is 0.762. The monoisotopic (exact) mass is 228 g/mol. The van der Waals surface area contributed by atoms with Crippen LogP contribution in [0.3, 0.4) is 0 Å². The molecule has 0 aromatic carbocycles. The first kappa shape index (κ1) is 10.7. The number of halogens is 3. The number of carbonyl (C=O) groups is 1. The SMILES string of the molecule is Cc1[nH]ncc2c(C(=O)C(F)(F)F)ccc1-2. The third kappa shape index (κ3) is 1.56. The zero-order valence-electron chi connectivity index (χ0n) is 8.22. The maximum atomic E-state index is 12.3. The number of hydrogen-bond donors (Lipinski definition) is 1. The Morgan fingerprint density at radius 3 is 2.62 bits per heavy atom. The first-order valence-corrected chi connectivity index (χ1v) is 4.45. The van der Waals surface area contributed by atoms with Gasteiger partial charge >= 0.3 is 6.18 Å².